The van der Waals surface area contributed by atoms with Crippen LogP contribution in [0.3, 0.4) is 0 Å². The number of nitrogens with zero attached hydrogens (tertiary/aromatic N) is 2. The highest BCUT2D eigenvalue weighted by Gasteiger charge is 2.23. The molecule has 5 nitrogen and oxygen atoms in total. The van der Waals surface area contributed by atoms with Gasteiger partial charge in [0, 0.05) is 37.4 Å². The largest absolute Gasteiger partial charge is 0.335 e. The Morgan fingerprint density at radius 2 is 2.00 bits per heavy atom. The molecule has 1 aromatic rings. The smallest absolute Gasteiger partial charge is 0.274 e. The molecule has 1 aromatic heterocycles. The predicted octanol–water partition coefficient (Wildman–Crippen LogP) is 0.887. The van der Waals surface area contributed by atoms with Crippen LogP contribution in [0.2, 0.25) is 0 Å². The van der Waals surface area contributed by atoms with Crippen molar-refractivity contribution in [3.63, 3.8) is 0 Å². The van der Waals surface area contributed by atoms with Crippen LogP contribution in [0.5, 0.6) is 0 Å². The topological polar surface area (TPSA) is 61.0 Å². The van der Waals surface area contributed by atoms with Crippen LogP contribution < -0.4 is 5.32 Å². The lowest BCUT2D eigenvalue weighted by molar-refractivity contribution is 0.0729. The van der Waals surface area contributed by atoms with E-state index in [9.17, 15) is 4.79 Å². The van der Waals surface area contributed by atoms with Crippen molar-refractivity contribution in [2.75, 3.05) is 26.2 Å². The SMILES string of the molecule is Cc1c(C(=O)N2CCNCC2)n[nH]c1C(C)C. The van der Waals surface area contributed by atoms with Crippen molar-refractivity contribution in [1.29, 1.82) is 0 Å². The lowest BCUT2D eigenvalue weighted by atomic mass is 10.0. The molecule has 1 saturated heterocycles. The number of H-pyrrole nitrogens is 1. The van der Waals surface area contributed by atoms with Gasteiger partial charge in [0.1, 0.15) is 0 Å². The summed E-state index contributed by atoms with van der Waals surface area (Å²) < 4.78 is 0. The highest BCUT2D eigenvalue weighted by molar-refractivity contribution is 5.94. The lowest BCUT2D eigenvalue weighted by Crippen LogP contribution is -2.46. The van der Waals surface area contributed by atoms with Crippen LogP contribution in [0.1, 0.15) is 41.5 Å². The summed E-state index contributed by atoms with van der Waals surface area (Å²) >= 11 is 0. The third-order valence-electron chi connectivity index (χ3n) is 3.23. The monoisotopic (exact) mass is 236 g/mol. The van der Waals surface area contributed by atoms with Crippen molar-refractivity contribution in [2.45, 2.75) is 26.7 Å². The minimum absolute atomic E-state index is 0.0483. The Bertz CT molecular complexity index is 405. The average Bonchev–Trinajstić information content (AvgIpc) is 2.71. The summed E-state index contributed by atoms with van der Waals surface area (Å²) in [5.74, 6) is 0.416. The molecule has 2 rings (SSSR count). The molecule has 0 bridgehead atoms. The van der Waals surface area contributed by atoms with Crippen LogP contribution in [0, 0.1) is 6.92 Å². The van der Waals surface area contributed by atoms with Gasteiger partial charge in [0.25, 0.3) is 5.91 Å². The average molecular weight is 236 g/mol. The van der Waals surface area contributed by atoms with Crippen LogP contribution >= 0.6 is 0 Å². The zero-order valence-electron chi connectivity index (χ0n) is 10.7. The Morgan fingerprint density at radius 3 is 2.53 bits per heavy atom. The molecule has 1 aliphatic heterocycles. The van der Waals surface area contributed by atoms with Gasteiger partial charge in [-0.1, -0.05) is 13.8 Å². The molecule has 0 aromatic carbocycles. The fourth-order valence-corrected chi connectivity index (χ4v) is 2.20. The Hall–Kier alpha value is -1.36. The number of aromatic nitrogens is 2. The minimum atomic E-state index is 0.0483. The first-order valence-corrected chi connectivity index (χ1v) is 6.16. The van der Waals surface area contributed by atoms with Crippen molar-refractivity contribution in [3.8, 4) is 0 Å². The van der Waals surface area contributed by atoms with Crippen molar-refractivity contribution in [3.05, 3.63) is 17.0 Å². The van der Waals surface area contributed by atoms with E-state index in [1.54, 1.807) is 0 Å². The molecule has 0 radical (unpaired) electrons. The maximum absolute atomic E-state index is 12.3. The van der Waals surface area contributed by atoms with Gasteiger partial charge in [-0.2, -0.15) is 5.10 Å². The van der Waals surface area contributed by atoms with E-state index in [-0.39, 0.29) is 5.91 Å². The molecule has 2 heterocycles. The molecule has 5 heteroatoms. The number of piperazine rings is 1. The van der Waals surface area contributed by atoms with E-state index < -0.39 is 0 Å². The van der Waals surface area contributed by atoms with Gasteiger partial charge in [-0.15, -0.1) is 0 Å². The Kier molecular flexibility index (Phi) is 3.47. The zero-order valence-corrected chi connectivity index (χ0v) is 10.7. The predicted molar refractivity (Wildman–Crippen MR) is 66.2 cm³/mol. The molecule has 0 aliphatic carbocycles. The van der Waals surface area contributed by atoms with Crippen LogP contribution in [0.25, 0.3) is 0 Å². The van der Waals surface area contributed by atoms with Gasteiger partial charge in [-0.05, 0) is 12.8 Å². The van der Waals surface area contributed by atoms with E-state index in [0.717, 1.165) is 37.4 Å². The Labute approximate surface area is 102 Å². The summed E-state index contributed by atoms with van der Waals surface area (Å²) in [6.07, 6.45) is 0. The summed E-state index contributed by atoms with van der Waals surface area (Å²) in [5.41, 5.74) is 2.63. The number of hydrogen-bond donors (Lipinski definition) is 2. The minimum Gasteiger partial charge on any atom is -0.335 e. The first-order valence-electron chi connectivity index (χ1n) is 6.16. The van der Waals surface area contributed by atoms with E-state index in [2.05, 4.69) is 29.4 Å². The second kappa shape index (κ2) is 4.87. The number of nitrogens with one attached hydrogen (secondary N) is 2. The fraction of sp³-hybridized carbons (Fsp3) is 0.667. The summed E-state index contributed by atoms with van der Waals surface area (Å²) in [6.45, 7) is 9.43. The molecule has 94 valence electrons. The van der Waals surface area contributed by atoms with Gasteiger partial charge in [0.05, 0.1) is 0 Å². The van der Waals surface area contributed by atoms with E-state index in [1.807, 2.05) is 11.8 Å². The standard InChI is InChI=1S/C12H20N4O/c1-8(2)10-9(3)11(15-14-10)12(17)16-6-4-13-5-7-16/h8,13H,4-7H2,1-3H3,(H,14,15). The fourth-order valence-electron chi connectivity index (χ4n) is 2.20. The van der Waals surface area contributed by atoms with Crippen molar-refractivity contribution >= 4 is 5.91 Å². The van der Waals surface area contributed by atoms with Gasteiger partial charge in [-0.3, -0.25) is 9.89 Å². The summed E-state index contributed by atoms with van der Waals surface area (Å²) in [5, 5.41) is 10.4. The normalized spacial score (nSPS) is 16.6. The summed E-state index contributed by atoms with van der Waals surface area (Å²) in [6, 6.07) is 0. The molecule has 0 atom stereocenters. The third-order valence-corrected chi connectivity index (χ3v) is 3.23. The molecule has 1 amide bonds. The number of carbonyl (C=O) groups excluding carboxylic acids is 1. The van der Waals surface area contributed by atoms with Crippen molar-refractivity contribution in [2.24, 2.45) is 0 Å². The molecule has 1 fully saturated rings. The molecule has 0 unspecified atom stereocenters. The van der Waals surface area contributed by atoms with E-state index >= 15 is 0 Å². The first kappa shape index (κ1) is 12.1. The van der Waals surface area contributed by atoms with E-state index in [4.69, 9.17) is 0 Å². The summed E-state index contributed by atoms with van der Waals surface area (Å²) in [7, 11) is 0. The number of carbonyl (C=O) groups is 1. The quantitative estimate of drug-likeness (QED) is 0.801. The van der Waals surface area contributed by atoms with Crippen LogP contribution in [-0.4, -0.2) is 47.2 Å². The van der Waals surface area contributed by atoms with Gasteiger partial charge in [0.15, 0.2) is 5.69 Å². The number of amides is 1. The van der Waals surface area contributed by atoms with Crippen molar-refractivity contribution in [1.82, 2.24) is 20.4 Å². The maximum atomic E-state index is 12.3. The number of aromatic amines is 1. The first-order chi connectivity index (χ1) is 8.11. The van der Waals surface area contributed by atoms with Crippen molar-refractivity contribution < 1.29 is 4.79 Å². The zero-order chi connectivity index (χ0) is 12.4. The second-order valence-corrected chi connectivity index (χ2v) is 4.81. The second-order valence-electron chi connectivity index (χ2n) is 4.81. The molecule has 17 heavy (non-hydrogen) atoms. The molecule has 0 spiro atoms. The van der Waals surface area contributed by atoms with Crippen LogP contribution in [0.4, 0.5) is 0 Å². The number of hydrogen-bond acceptors (Lipinski definition) is 3. The van der Waals surface area contributed by atoms with Gasteiger partial charge in [0.2, 0.25) is 0 Å². The van der Waals surface area contributed by atoms with Gasteiger partial charge >= 0.3 is 0 Å². The molecular formula is C12H20N4O. The van der Waals surface area contributed by atoms with Crippen LogP contribution in [-0.2, 0) is 0 Å². The molecule has 0 saturated carbocycles. The van der Waals surface area contributed by atoms with E-state index in [1.165, 1.54) is 0 Å². The maximum Gasteiger partial charge on any atom is 0.274 e. The Morgan fingerprint density at radius 1 is 1.35 bits per heavy atom. The highest BCUT2D eigenvalue weighted by atomic mass is 16.2. The number of rotatable bonds is 2. The Balaban J connectivity index is 2.19. The lowest BCUT2D eigenvalue weighted by Gasteiger charge is -2.26. The van der Waals surface area contributed by atoms with Gasteiger partial charge in [-0.25, -0.2) is 0 Å². The molecular weight excluding hydrogens is 216 g/mol. The third kappa shape index (κ3) is 2.34. The van der Waals surface area contributed by atoms with Gasteiger partial charge < -0.3 is 10.2 Å². The molecule has 1 aliphatic rings. The highest BCUT2D eigenvalue weighted by Crippen LogP contribution is 2.19. The van der Waals surface area contributed by atoms with E-state index in [0.29, 0.717) is 11.6 Å². The molecule has 2 N–H and O–H groups in total. The van der Waals surface area contributed by atoms with Crippen LogP contribution in [0.15, 0.2) is 0 Å². The summed E-state index contributed by atoms with van der Waals surface area (Å²) in [4.78, 5) is 14.1.